The van der Waals surface area contributed by atoms with Crippen LogP contribution in [0.3, 0.4) is 0 Å². The van der Waals surface area contributed by atoms with Gasteiger partial charge in [-0.2, -0.15) is 0 Å². The van der Waals surface area contributed by atoms with Crippen molar-refractivity contribution in [3.05, 3.63) is 106 Å². The Hall–Kier alpha value is -2.84. The molecule has 122 valence electrons. The van der Waals surface area contributed by atoms with Gasteiger partial charge >= 0.3 is 0 Å². The highest BCUT2D eigenvalue weighted by atomic mass is 35.5. The summed E-state index contributed by atoms with van der Waals surface area (Å²) >= 11 is 6.64. The number of benzene rings is 3. The van der Waals surface area contributed by atoms with Gasteiger partial charge < -0.3 is 4.57 Å². The van der Waals surface area contributed by atoms with Gasteiger partial charge in [0.15, 0.2) is 0 Å². The van der Waals surface area contributed by atoms with Crippen LogP contribution >= 0.6 is 11.6 Å². The molecule has 0 aliphatic heterocycles. The molecule has 4 aromatic rings. The summed E-state index contributed by atoms with van der Waals surface area (Å²) in [4.78, 5) is 13.3. The molecule has 3 heteroatoms. The molecule has 0 bridgehead atoms. The fourth-order valence-electron chi connectivity index (χ4n) is 3.15. The molecule has 0 fully saturated rings. The van der Waals surface area contributed by atoms with Gasteiger partial charge in [-0.15, -0.1) is 0 Å². The second-order valence-electron chi connectivity index (χ2n) is 5.95. The van der Waals surface area contributed by atoms with Crippen LogP contribution in [0.4, 0.5) is 0 Å². The zero-order valence-corrected chi connectivity index (χ0v) is 14.3. The van der Waals surface area contributed by atoms with Crippen molar-refractivity contribution in [3.8, 4) is 11.1 Å². The van der Waals surface area contributed by atoms with E-state index in [1.54, 1.807) is 4.57 Å². The number of aromatic nitrogens is 1. The Balaban J connectivity index is 2.03. The molecule has 0 radical (unpaired) electrons. The van der Waals surface area contributed by atoms with Crippen molar-refractivity contribution < 1.29 is 0 Å². The van der Waals surface area contributed by atoms with Gasteiger partial charge in [-0.25, -0.2) is 0 Å². The fraction of sp³-hybridized carbons (Fsp3) is 0.0455. The normalized spacial score (nSPS) is 10.9. The van der Waals surface area contributed by atoms with Gasteiger partial charge in [-0.3, -0.25) is 4.79 Å². The Morgan fingerprint density at radius 3 is 2.08 bits per heavy atom. The Kier molecular flexibility index (Phi) is 4.12. The van der Waals surface area contributed by atoms with E-state index in [2.05, 4.69) is 0 Å². The first-order chi connectivity index (χ1) is 12.3. The third-order valence-electron chi connectivity index (χ3n) is 4.36. The van der Waals surface area contributed by atoms with Crippen LogP contribution in [-0.2, 0) is 6.54 Å². The highest BCUT2D eigenvalue weighted by molar-refractivity contribution is 6.38. The molecule has 0 unspecified atom stereocenters. The highest BCUT2D eigenvalue weighted by Crippen LogP contribution is 2.31. The largest absolute Gasteiger partial charge is 0.303 e. The van der Waals surface area contributed by atoms with Crippen molar-refractivity contribution in [1.82, 2.24) is 4.57 Å². The minimum absolute atomic E-state index is 0.0706. The van der Waals surface area contributed by atoms with Gasteiger partial charge in [0.05, 0.1) is 22.6 Å². The van der Waals surface area contributed by atoms with E-state index in [4.69, 9.17) is 11.6 Å². The highest BCUT2D eigenvalue weighted by Gasteiger charge is 2.16. The van der Waals surface area contributed by atoms with Crippen LogP contribution in [0.15, 0.2) is 89.7 Å². The van der Waals surface area contributed by atoms with Gasteiger partial charge in [0.1, 0.15) is 0 Å². The molecule has 0 spiro atoms. The quantitative estimate of drug-likeness (QED) is 0.489. The second-order valence-corrected chi connectivity index (χ2v) is 6.33. The topological polar surface area (TPSA) is 22.0 Å². The molecule has 0 saturated heterocycles. The summed E-state index contributed by atoms with van der Waals surface area (Å²) in [5.41, 5.74) is 3.25. The SMILES string of the molecule is O=c1c(-c2ccccc2)c(Cl)c2ccccc2n1Cc1ccccc1. The number of para-hydroxylation sites is 1. The van der Waals surface area contributed by atoms with Crippen molar-refractivity contribution >= 4 is 22.5 Å². The zero-order valence-electron chi connectivity index (χ0n) is 13.5. The second kappa shape index (κ2) is 6.58. The summed E-state index contributed by atoms with van der Waals surface area (Å²) in [6, 6.07) is 27.4. The Morgan fingerprint density at radius 2 is 1.36 bits per heavy atom. The number of hydrogen-bond donors (Lipinski definition) is 0. The maximum atomic E-state index is 13.3. The third-order valence-corrected chi connectivity index (χ3v) is 4.75. The number of fused-ring (bicyclic) bond motifs is 1. The maximum absolute atomic E-state index is 13.3. The lowest BCUT2D eigenvalue weighted by Gasteiger charge is -2.15. The molecular weight excluding hydrogens is 330 g/mol. The molecule has 0 atom stereocenters. The van der Waals surface area contributed by atoms with E-state index in [9.17, 15) is 4.79 Å². The lowest BCUT2D eigenvalue weighted by molar-refractivity contribution is 0.797. The maximum Gasteiger partial charge on any atom is 0.260 e. The minimum Gasteiger partial charge on any atom is -0.303 e. The van der Waals surface area contributed by atoms with Crippen LogP contribution < -0.4 is 5.56 Å². The summed E-state index contributed by atoms with van der Waals surface area (Å²) in [7, 11) is 0. The summed E-state index contributed by atoms with van der Waals surface area (Å²) in [6.45, 7) is 0.511. The van der Waals surface area contributed by atoms with Crippen LogP contribution in [0.5, 0.6) is 0 Å². The molecule has 0 aliphatic carbocycles. The van der Waals surface area contributed by atoms with Crippen molar-refractivity contribution in [2.75, 3.05) is 0 Å². The molecule has 1 heterocycles. The third kappa shape index (κ3) is 2.86. The van der Waals surface area contributed by atoms with Crippen molar-refractivity contribution in [1.29, 1.82) is 0 Å². The fourth-order valence-corrected chi connectivity index (χ4v) is 3.50. The molecule has 25 heavy (non-hydrogen) atoms. The van der Waals surface area contributed by atoms with Gasteiger partial charge in [0, 0.05) is 5.39 Å². The van der Waals surface area contributed by atoms with Crippen molar-refractivity contribution in [2.45, 2.75) is 6.54 Å². The van der Waals surface area contributed by atoms with E-state index in [0.29, 0.717) is 17.1 Å². The Morgan fingerprint density at radius 1 is 0.760 bits per heavy atom. The predicted octanol–water partition coefficient (Wildman–Crippen LogP) is 5.37. The van der Waals surface area contributed by atoms with Crippen molar-refractivity contribution in [3.63, 3.8) is 0 Å². The Bertz CT molecular complexity index is 1090. The molecular formula is C22H16ClNO. The average molecular weight is 346 g/mol. The smallest absolute Gasteiger partial charge is 0.260 e. The number of pyridine rings is 1. The first kappa shape index (κ1) is 15.7. The van der Waals surface area contributed by atoms with E-state index in [0.717, 1.165) is 22.0 Å². The molecule has 0 saturated carbocycles. The number of hydrogen-bond acceptors (Lipinski definition) is 1. The summed E-state index contributed by atoms with van der Waals surface area (Å²) in [5.74, 6) is 0. The first-order valence-electron chi connectivity index (χ1n) is 8.16. The summed E-state index contributed by atoms with van der Waals surface area (Å²) in [5, 5.41) is 1.40. The van der Waals surface area contributed by atoms with Crippen LogP contribution in [0, 0.1) is 0 Å². The minimum atomic E-state index is -0.0706. The van der Waals surface area contributed by atoms with E-state index in [1.807, 2.05) is 84.9 Å². The first-order valence-corrected chi connectivity index (χ1v) is 8.54. The van der Waals surface area contributed by atoms with E-state index < -0.39 is 0 Å². The van der Waals surface area contributed by atoms with E-state index in [1.165, 1.54) is 0 Å². The number of halogens is 1. The van der Waals surface area contributed by atoms with Crippen LogP contribution in [0.1, 0.15) is 5.56 Å². The monoisotopic (exact) mass is 345 g/mol. The lowest BCUT2D eigenvalue weighted by Crippen LogP contribution is -2.23. The molecule has 2 nitrogen and oxygen atoms in total. The molecule has 0 aliphatic rings. The lowest BCUT2D eigenvalue weighted by atomic mass is 10.0. The predicted molar refractivity (Wildman–Crippen MR) is 104 cm³/mol. The van der Waals surface area contributed by atoms with Crippen LogP contribution in [0.25, 0.3) is 22.0 Å². The van der Waals surface area contributed by atoms with Gasteiger partial charge in [0.25, 0.3) is 5.56 Å². The molecule has 4 rings (SSSR count). The number of rotatable bonds is 3. The van der Waals surface area contributed by atoms with Gasteiger partial charge in [0.2, 0.25) is 0 Å². The number of nitrogens with zero attached hydrogens (tertiary/aromatic N) is 1. The van der Waals surface area contributed by atoms with Crippen LogP contribution in [0.2, 0.25) is 5.02 Å². The summed E-state index contributed by atoms with van der Waals surface area (Å²) < 4.78 is 1.80. The van der Waals surface area contributed by atoms with Gasteiger partial charge in [-0.1, -0.05) is 90.5 Å². The Labute approximate surface area is 150 Å². The molecule has 3 aromatic carbocycles. The zero-order chi connectivity index (χ0) is 17.2. The summed E-state index contributed by atoms with van der Waals surface area (Å²) in [6.07, 6.45) is 0. The average Bonchev–Trinajstić information content (AvgIpc) is 2.67. The van der Waals surface area contributed by atoms with E-state index >= 15 is 0 Å². The van der Waals surface area contributed by atoms with Gasteiger partial charge in [-0.05, 0) is 17.2 Å². The van der Waals surface area contributed by atoms with E-state index in [-0.39, 0.29) is 5.56 Å². The van der Waals surface area contributed by atoms with Crippen molar-refractivity contribution in [2.24, 2.45) is 0 Å². The van der Waals surface area contributed by atoms with Crippen LogP contribution in [-0.4, -0.2) is 4.57 Å². The standard InChI is InChI=1S/C22H16ClNO/c23-21-18-13-7-8-14-19(18)24(15-16-9-3-1-4-10-16)22(25)20(21)17-11-5-2-6-12-17/h1-14H,15H2. The molecule has 1 aromatic heterocycles. The molecule has 0 N–H and O–H groups in total. The molecule has 0 amide bonds.